The zero-order valence-corrected chi connectivity index (χ0v) is 13.8. The lowest BCUT2D eigenvalue weighted by molar-refractivity contribution is 0.0644. The van der Waals surface area contributed by atoms with Gasteiger partial charge in [-0.1, -0.05) is 23.2 Å². The van der Waals surface area contributed by atoms with Gasteiger partial charge in [-0.25, -0.2) is 4.39 Å². The van der Waals surface area contributed by atoms with E-state index in [1.807, 2.05) is 0 Å². The van der Waals surface area contributed by atoms with Gasteiger partial charge >= 0.3 is 0 Å². The minimum atomic E-state index is -0.610. The van der Waals surface area contributed by atoms with E-state index in [9.17, 15) is 9.18 Å². The Hall–Kier alpha value is -0.840. The second kappa shape index (κ2) is 6.73. The molecule has 3 rings (SSSR count). The fourth-order valence-electron chi connectivity index (χ4n) is 3.40. The topological polar surface area (TPSA) is 23.6 Å². The largest absolute Gasteiger partial charge is 0.338 e. The fraction of sp³-hybridized carbons (Fsp3) is 0.562. The van der Waals surface area contributed by atoms with Crippen molar-refractivity contribution in [2.24, 2.45) is 0 Å². The lowest BCUT2D eigenvalue weighted by Gasteiger charge is -2.36. The fourth-order valence-corrected chi connectivity index (χ4v) is 3.86. The van der Waals surface area contributed by atoms with Gasteiger partial charge in [-0.2, -0.15) is 0 Å². The number of likely N-dealkylation sites (tertiary alicyclic amines) is 2. The van der Waals surface area contributed by atoms with Crippen LogP contribution in [0.2, 0.25) is 10.0 Å². The van der Waals surface area contributed by atoms with Crippen molar-refractivity contribution in [3.05, 3.63) is 33.6 Å². The van der Waals surface area contributed by atoms with Gasteiger partial charge in [0.05, 0.1) is 15.6 Å². The quantitative estimate of drug-likeness (QED) is 0.761. The summed E-state index contributed by atoms with van der Waals surface area (Å²) in [7, 11) is 0. The molecule has 0 bridgehead atoms. The Balaban J connectivity index is 1.65. The molecule has 0 radical (unpaired) electrons. The zero-order chi connectivity index (χ0) is 15.7. The summed E-state index contributed by atoms with van der Waals surface area (Å²) >= 11 is 11.7. The normalized spacial score (nSPS) is 20.6. The van der Waals surface area contributed by atoms with Crippen molar-refractivity contribution in [3.63, 3.8) is 0 Å². The van der Waals surface area contributed by atoms with Gasteiger partial charge in [-0.15, -0.1) is 0 Å². The van der Waals surface area contributed by atoms with E-state index in [1.165, 1.54) is 32.0 Å². The van der Waals surface area contributed by atoms with Gasteiger partial charge in [0, 0.05) is 19.1 Å². The van der Waals surface area contributed by atoms with E-state index >= 15 is 0 Å². The van der Waals surface area contributed by atoms with Crippen molar-refractivity contribution in [2.75, 3.05) is 26.2 Å². The molecule has 2 heterocycles. The van der Waals surface area contributed by atoms with E-state index in [1.54, 1.807) is 4.90 Å². The summed E-state index contributed by atoms with van der Waals surface area (Å²) < 4.78 is 13.6. The molecular formula is C16H19Cl2FN2O. The highest BCUT2D eigenvalue weighted by molar-refractivity contribution is 6.36. The highest BCUT2D eigenvalue weighted by Gasteiger charge is 2.29. The van der Waals surface area contributed by atoms with Crippen LogP contribution in [0.4, 0.5) is 4.39 Å². The number of halogens is 3. The van der Waals surface area contributed by atoms with Crippen LogP contribution in [0.25, 0.3) is 0 Å². The van der Waals surface area contributed by atoms with Crippen molar-refractivity contribution in [3.8, 4) is 0 Å². The van der Waals surface area contributed by atoms with Crippen LogP contribution in [-0.4, -0.2) is 47.9 Å². The van der Waals surface area contributed by atoms with Crippen LogP contribution in [-0.2, 0) is 0 Å². The second-order valence-corrected chi connectivity index (χ2v) is 6.83. The average molecular weight is 345 g/mol. The van der Waals surface area contributed by atoms with Gasteiger partial charge in [-0.05, 0) is 50.9 Å². The first-order valence-corrected chi connectivity index (χ1v) is 8.49. The SMILES string of the molecule is O=C(c1cc(F)c(Cl)cc1Cl)N1CCC(N2CCCC2)CC1. The molecule has 3 nitrogen and oxygen atoms in total. The Labute approximate surface area is 140 Å². The van der Waals surface area contributed by atoms with Gasteiger partial charge in [0.2, 0.25) is 0 Å². The van der Waals surface area contributed by atoms with E-state index in [-0.39, 0.29) is 21.5 Å². The molecule has 22 heavy (non-hydrogen) atoms. The van der Waals surface area contributed by atoms with Crippen molar-refractivity contribution in [1.82, 2.24) is 9.80 Å². The van der Waals surface area contributed by atoms with Crippen molar-refractivity contribution < 1.29 is 9.18 Å². The van der Waals surface area contributed by atoms with Gasteiger partial charge in [0.25, 0.3) is 5.91 Å². The third-order valence-electron chi connectivity index (χ3n) is 4.65. The minimum Gasteiger partial charge on any atom is -0.338 e. The summed E-state index contributed by atoms with van der Waals surface area (Å²) in [4.78, 5) is 16.8. The summed E-state index contributed by atoms with van der Waals surface area (Å²) in [6.07, 6.45) is 4.50. The smallest absolute Gasteiger partial charge is 0.255 e. The predicted octanol–water partition coefficient (Wildman–Crippen LogP) is 3.83. The molecule has 6 heteroatoms. The Kier molecular flexibility index (Phi) is 4.91. The summed E-state index contributed by atoms with van der Waals surface area (Å²) in [5.41, 5.74) is 0.197. The molecule has 2 saturated heterocycles. The number of benzene rings is 1. The zero-order valence-electron chi connectivity index (χ0n) is 12.3. The molecule has 0 saturated carbocycles. The number of rotatable bonds is 2. The Bertz CT molecular complexity index is 568. The van der Waals surface area contributed by atoms with Crippen LogP contribution in [0, 0.1) is 5.82 Å². The number of piperidine rings is 1. The maximum Gasteiger partial charge on any atom is 0.255 e. The molecule has 0 atom stereocenters. The standard InChI is InChI=1S/C16H19Cl2FN2O/c17-13-10-14(18)15(19)9-12(13)16(22)21-7-3-11(4-8-21)20-5-1-2-6-20/h9-11H,1-8H2. The van der Waals surface area contributed by atoms with E-state index in [2.05, 4.69) is 4.90 Å². The van der Waals surface area contributed by atoms with Crippen LogP contribution in [0.5, 0.6) is 0 Å². The minimum absolute atomic E-state index is 0.0608. The molecule has 0 aromatic heterocycles. The van der Waals surface area contributed by atoms with Crippen molar-refractivity contribution >= 4 is 29.1 Å². The highest BCUT2D eigenvalue weighted by atomic mass is 35.5. The molecule has 1 aromatic carbocycles. The van der Waals surface area contributed by atoms with Crippen LogP contribution >= 0.6 is 23.2 Å². The van der Waals surface area contributed by atoms with Crippen molar-refractivity contribution in [1.29, 1.82) is 0 Å². The molecule has 0 spiro atoms. The molecule has 0 unspecified atom stereocenters. The molecule has 2 aliphatic rings. The maximum absolute atomic E-state index is 13.6. The molecule has 1 aromatic rings. The number of carbonyl (C=O) groups is 1. The molecule has 2 fully saturated rings. The van der Waals surface area contributed by atoms with Crippen LogP contribution in [0.1, 0.15) is 36.0 Å². The Morgan fingerprint density at radius 1 is 1.05 bits per heavy atom. The highest BCUT2D eigenvalue weighted by Crippen LogP contribution is 2.27. The predicted molar refractivity (Wildman–Crippen MR) is 86.2 cm³/mol. The maximum atomic E-state index is 13.6. The number of amides is 1. The second-order valence-electron chi connectivity index (χ2n) is 6.01. The summed E-state index contributed by atoms with van der Waals surface area (Å²) in [6, 6.07) is 3.01. The van der Waals surface area contributed by atoms with E-state index in [4.69, 9.17) is 23.2 Å². The van der Waals surface area contributed by atoms with E-state index in [0.29, 0.717) is 19.1 Å². The molecular weight excluding hydrogens is 326 g/mol. The van der Waals surface area contributed by atoms with E-state index < -0.39 is 5.82 Å². The summed E-state index contributed by atoms with van der Waals surface area (Å²) in [5.74, 6) is -0.818. The summed E-state index contributed by atoms with van der Waals surface area (Å²) in [5, 5.41) is 0.146. The van der Waals surface area contributed by atoms with Crippen LogP contribution < -0.4 is 0 Å². The van der Waals surface area contributed by atoms with Gasteiger partial charge in [0.15, 0.2) is 0 Å². The Morgan fingerprint density at radius 2 is 1.68 bits per heavy atom. The van der Waals surface area contributed by atoms with Crippen molar-refractivity contribution in [2.45, 2.75) is 31.7 Å². The Morgan fingerprint density at radius 3 is 2.32 bits per heavy atom. The first-order valence-electron chi connectivity index (χ1n) is 7.74. The number of hydrogen-bond donors (Lipinski definition) is 0. The number of nitrogens with zero attached hydrogens (tertiary/aromatic N) is 2. The monoisotopic (exact) mass is 344 g/mol. The lowest BCUT2D eigenvalue weighted by Crippen LogP contribution is -2.46. The number of carbonyl (C=O) groups excluding carboxylic acids is 1. The van der Waals surface area contributed by atoms with Crippen LogP contribution in [0.15, 0.2) is 12.1 Å². The van der Waals surface area contributed by atoms with E-state index in [0.717, 1.165) is 18.9 Å². The third kappa shape index (κ3) is 3.24. The summed E-state index contributed by atoms with van der Waals surface area (Å²) in [6.45, 7) is 3.74. The van der Waals surface area contributed by atoms with Gasteiger partial charge in [0.1, 0.15) is 5.82 Å². The van der Waals surface area contributed by atoms with Gasteiger partial charge in [-0.3, -0.25) is 4.79 Å². The molecule has 0 aliphatic carbocycles. The van der Waals surface area contributed by atoms with Gasteiger partial charge < -0.3 is 9.80 Å². The first kappa shape index (κ1) is 16.0. The first-order chi connectivity index (χ1) is 10.6. The molecule has 120 valence electrons. The number of hydrogen-bond acceptors (Lipinski definition) is 2. The van der Waals surface area contributed by atoms with Crippen LogP contribution in [0.3, 0.4) is 0 Å². The average Bonchev–Trinajstić information content (AvgIpc) is 3.05. The molecule has 2 aliphatic heterocycles. The lowest BCUT2D eigenvalue weighted by atomic mass is 10.0. The third-order valence-corrected chi connectivity index (χ3v) is 5.25. The molecule has 0 N–H and O–H groups in total. The molecule has 1 amide bonds.